The van der Waals surface area contributed by atoms with Gasteiger partial charge in [-0.05, 0) is 25.8 Å². The molecule has 1 N–H and O–H groups in total. The van der Waals surface area contributed by atoms with Gasteiger partial charge in [-0.1, -0.05) is 12.1 Å². The molecule has 0 heterocycles. The number of nitrogens with one attached hydrogen (secondary N) is 1. The predicted molar refractivity (Wildman–Crippen MR) is 68.2 cm³/mol. The summed E-state index contributed by atoms with van der Waals surface area (Å²) in [5.41, 5.74) is 0.647. The lowest BCUT2D eigenvalue weighted by molar-refractivity contribution is -0.0102. The van der Waals surface area contributed by atoms with Crippen molar-refractivity contribution >= 4 is 0 Å². The molecule has 1 aromatic rings. The predicted octanol–water partition coefficient (Wildman–Crippen LogP) is 2.49. The normalized spacial score (nSPS) is 22.6. The third-order valence-corrected chi connectivity index (χ3v) is 3.34. The van der Waals surface area contributed by atoms with E-state index in [4.69, 9.17) is 9.47 Å². The number of benzene rings is 1. The number of halogens is 1. The molecule has 1 aromatic carbocycles. The topological polar surface area (TPSA) is 30.5 Å². The van der Waals surface area contributed by atoms with Crippen LogP contribution >= 0.6 is 0 Å². The summed E-state index contributed by atoms with van der Waals surface area (Å²) in [6, 6.07) is 5.66. The molecule has 1 fully saturated rings. The van der Waals surface area contributed by atoms with Crippen molar-refractivity contribution in [3.8, 4) is 5.75 Å². The summed E-state index contributed by atoms with van der Waals surface area (Å²) < 4.78 is 24.3. The Bertz CT molecular complexity index is 391. The van der Waals surface area contributed by atoms with E-state index < -0.39 is 0 Å². The molecule has 18 heavy (non-hydrogen) atoms. The fraction of sp³-hybridized carbons (Fsp3) is 0.571. The molecular weight excluding hydrogens is 233 g/mol. The Balaban J connectivity index is 1.81. The molecule has 0 spiro atoms. The van der Waals surface area contributed by atoms with Gasteiger partial charge in [0, 0.05) is 24.8 Å². The Kier molecular flexibility index (Phi) is 4.55. The van der Waals surface area contributed by atoms with Crippen molar-refractivity contribution < 1.29 is 13.9 Å². The lowest BCUT2D eigenvalue weighted by Gasteiger charge is -2.35. The molecule has 1 aliphatic carbocycles. The van der Waals surface area contributed by atoms with Gasteiger partial charge in [0.05, 0.1) is 13.2 Å². The van der Waals surface area contributed by atoms with Crippen LogP contribution in [0.1, 0.15) is 25.3 Å². The van der Waals surface area contributed by atoms with Crippen LogP contribution in [-0.4, -0.2) is 25.9 Å². The zero-order chi connectivity index (χ0) is 13.0. The second kappa shape index (κ2) is 6.16. The molecule has 0 radical (unpaired) electrons. The number of rotatable bonds is 6. The van der Waals surface area contributed by atoms with Gasteiger partial charge in [0.1, 0.15) is 0 Å². The van der Waals surface area contributed by atoms with E-state index in [1.54, 1.807) is 12.1 Å². The summed E-state index contributed by atoms with van der Waals surface area (Å²) >= 11 is 0. The zero-order valence-electron chi connectivity index (χ0n) is 10.9. The summed E-state index contributed by atoms with van der Waals surface area (Å²) in [4.78, 5) is 0. The van der Waals surface area contributed by atoms with Crippen molar-refractivity contribution in [2.24, 2.45) is 0 Å². The van der Waals surface area contributed by atoms with Crippen molar-refractivity contribution in [2.75, 3.05) is 13.7 Å². The van der Waals surface area contributed by atoms with E-state index >= 15 is 0 Å². The molecule has 3 nitrogen and oxygen atoms in total. The maximum absolute atomic E-state index is 13.9. The van der Waals surface area contributed by atoms with E-state index in [0.717, 1.165) is 19.4 Å². The second-order valence-electron chi connectivity index (χ2n) is 4.56. The summed E-state index contributed by atoms with van der Waals surface area (Å²) in [7, 11) is 1.48. The first-order valence-corrected chi connectivity index (χ1v) is 6.41. The van der Waals surface area contributed by atoms with E-state index in [1.165, 1.54) is 7.11 Å². The molecule has 2 rings (SSSR count). The molecule has 4 heteroatoms. The Hall–Kier alpha value is -1.13. The van der Waals surface area contributed by atoms with Gasteiger partial charge >= 0.3 is 0 Å². The minimum Gasteiger partial charge on any atom is -0.494 e. The summed E-state index contributed by atoms with van der Waals surface area (Å²) in [6.07, 6.45) is 2.40. The highest BCUT2D eigenvalue weighted by Gasteiger charge is 2.29. The van der Waals surface area contributed by atoms with Crippen LogP contribution in [0.5, 0.6) is 5.75 Å². The minimum absolute atomic E-state index is 0.270. The first-order chi connectivity index (χ1) is 8.74. The Morgan fingerprint density at radius 1 is 1.39 bits per heavy atom. The van der Waals surface area contributed by atoms with Crippen LogP contribution in [0.25, 0.3) is 0 Å². The van der Waals surface area contributed by atoms with E-state index in [0.29, 0.717) is 30.0 Å². The van der Waals surface area contributed by atoms with Gasteiger partial charge in [-0.25, -0.2) is 4.39 Å². The van der Waals surface area contributed by atoms with Crippen molar-refractivity contribution in [1.82, 2.24) is 5.32 Å². The van der Waals surface area contributed by atoms with Gasteiger partial charge in [0.2, 0.25) is 0 Å². The number of methoxy groups -OCH3 is 1. The lowest BCUT2D eigenvalue weighted by Crippen LogP contribution is -2.45. The zero-order valence-corrected chi connectivity index (χ0v) is 10.9. The molecule has 0 atom stereocenters. The van der Waals surface area contributed by atoms with E-state index in [2.05, 4.69) is 5.32 Å². The van der Waals surface area contributed by atoms with Gasteiger partial charge in [0.15, 0.2) is 11.6 Å². The molecule has 0 aliphatic heterocycles. The van der Waals surface area contributed by atoms with Crippen LogP contribution in [0.2, 0.25) is 0 Å². The average molecular weight is 253 g/mol. The van der Waals surface area contributed by atoms with Gasteiger partial charge in [-0.15, -0.1) is 0 Å². The summed E-state index contributed by atoms with van der Waals surface area (Å²) in [6.45, 7) is 3.31. The first kappa shape index (κ1) is 13.3. The second-order valence-corrected chi connectivity index (χ2v) is 4.56. The highest BCUT2D eigenvalue weighted by atomic mass is 19.1. The third kappa shape index (κ3) is 3.00. The van der Waals surface area contributed by atoms with Gasteiger partial charge < -0.3 is 14.8 Å². The summed E-state index contributed by atoms with van der Waals surface area (Å²) in [5.74, 6) is 0.0308. The van der Waals surface area contributed by atoms with Crippen molar-refractivity contribution in [3.05, 3.63) is 29.6 Å². The van der Waals surface area contributed by atoms with Crippen LogP contribution < -0.4 is 10.1 Å². The number of hydrogen-bond donors (Lipinski definition) is 1. The number of ether oxygens (including phenoxy) is 2. The third-order valence-electron chi connectivity index (χ3n) is 3.34. The molecular formula is C14H20FNO2. The first-order valence-electron chi connectivity index (χ1n) is 6.41. The standard InChI is InChI=1S/C14H20FNO2/c1-3-18-12-7-11(8-12)16-9-10-5-4-6-13(17-2)14(10)15/h4-6,11-12,16H,3,7-9H2,1-2H3. The Morgan fingerprint density at radius 2 is 2.17 bits per heavy atom. The highest BCUT2D eigenvalue weighted by Crippen LogP contribution is 2.25. The molecule has 0 aromatic heterocycles. The van der Waals surface area contributed by atoms with Crippen LogP contribution in [0.15, 0.2) is 18.2 Å². The highest BCUT2D eigenvalue weighted by molar-refractivity contribution is 5.31. The van der Waals surface area contributed by atoms with Gasteiger partial charge in [-0.3, -0.25) is 0 Å². The fourth-order valence-corrected chi connectivity index (χ4v) is 2.21. The van der Waals surface area contributed by atoms with Crippen LogP contribution in [0, 0.1) is 5.82 Å². The molecule has 0 amide bonds. The van der Waals surface area contributed by atoms with Crippen LogP contribution in [-0.2, 0) is 11.3 Å². The molecule has 0 unspecified atom stereocenters. The monoisotopic (exact) mass is 253 g/mol. The molecule has 1 aliphatic rings. The molecule has 0 saturated heterocycles. The molecule has 100 valence electrons. The summed E-state index contributed by atoms with van der Waals surface area (Å²) in [5, 5.41) is 3.34. The van der Waals surface area contributed by atoms with E-state index in [1.807, 2.05) is 13.0 Å². The fourth-order valence-electron chi connectivity index (χ4n) is 2.21. The average Bonchev–Trinajstić information content (AvgIpc) is 2.33. The lowest BCUT2D eigenvalue weighted by atomic mass is 9.89. The van der Waals surface area contributed by atoms with Crippen molar-refractivity contribution in [3.63, 3.8) is 0 Å². The molecule has 1 saturated carbocycles. The quantitative estimate of drug-likeness (QED) is 0.845. The van der Waals surface area contributed by atoms with Crippen LogP contribution in [0.4, 0.5) is 4.39 Å². The SMILES string of the molecule is CCOC1CC(NCc2cccc(OC)c2F)C1. The van der Waals surface area contributed by atoms with Crippen molar-refractivity contribution in [1.29, 1.82) is 0 Å². The molecule has 0 bridgehead atoms. The Morgan fingerprint density at radius 3 is 2.83 bits per heavy atom. The van der Waals surface area contributed by atoms with Gasteiger partial charge in [-0.2, -0.15) is 0 Å². The Labute approximate surface area is 107 Å². The minimum atomic E-state index is -0.270. The van der Waals surface area contributed by atoms with E-state index in [-0.39, 0.29) is 5.82 Å². The number of hydrogen-bond acceptors (Lipinski definition) is 3. The van der Waals surface area contributed by atoms with Crippen LogP contribution in [0.3, 0.4) is 0 Å². The maximum atomic E-state index is 13.9. The smallest absolute Gasteiger partial charge is 0.169 e. The largest absolute Gasteiger partial charge is 0.494 e. The van der Waals surface area contributed by atoms with Gasteiger partial charge in [0.25, 0.3) is 0 Å². The maximum Gasteiger partial charge on any atom is 0.169 e. The van der Waals surface area contributed by atoms with E-state index in [9.17, 15) is 4.39 Å². The van der Waals surface area contributed by atoms with Crippen molar-refractivity contribution in [2.45, 2.75) is 38.5 Å².